The second kappa shape index (κ2) is 5.78. The lowest BCUT2D eigenvalue weighted by Crippen LogP contribution is -2.44. The Bertz CT molecular complexity index is 587. The van der Waals surface area contributed by atoms with E-state index in [1.54, 1.807) is 22.5 Å². The normalized spacial score (nSPS) is 28.1. The van der Waals surface area contributed by atoms with Gasteiger partial charge in [-0.25, -0.2) is 8.42 Å². The van der Waals surface area contributed by atoms with Crippen molar-refractivity contribution in [2.75, 3.05) is 13.1 Å². The SMILES string of the molecule is O=S(=O)(c1cccc(Br)c1)N1CC[C@@H]2CCCC[C@@H]2C1. The number of hydrogen-bond acceptors (Lipinski definition) is 2. The van der Waals surface area contributed by atoms with Crippen LogP contribution in [0.2, 0.25) is 0 Å². The fourth-order valence-electron chi connectivity index (χ4n) is 3.56. The van der Waals surface area contributed by atoms with Gasteiger partial charge < -0.3 is 0 Å². The lowest BCUT2D eigenvalue weighted by Gasteiger charge is -2.40. The fraction of sp³-hybridized carbons (Fsp3) is 0.600. The number of hydrogen-bond donors (Lipinski definition) is 0. The number of halogens is 1. The topological polar surface area (TPSA) is 37.4 Å². The summed E-state index contributed by atoms with van der Waals surface area (Å²) in [5.41, 5.74) is 0. The van der Waals surface area contributed by atoms with E-state index in [2.05, 4.69) is 15.9 Å². The van der Waals surface area contributed by atoms with Gasteiger partial charge in [0, 0.05) is 17.6 Å². The molecule has 1 aromatic rings. The van der Waals surface area contributed by atoms with Gasteiger partial charge in [0.25, 0.3) is 0 Å². The first-order valence-electron chi connectivity index (χ1n) is 7.33. The van der Waals surface area contributed by atoms with Crippen molar-refractivity contribution in [3.8, 4) is 0 Å². The highest BCUT2D eigenvalue weighted by atomic mass is 79.9. The molecule has 0 radical (unpaired) electrons. The quantitative estimate of drug-likeness (QED) is 0.809. The zero-order valence-corrected chi connectivity index (χ0v) is 13.9. The molecule has 0 unspecified atom stereocenters. The third-order valence-corrected chi connectivity index (χ3v) is 7.04. The van der Waals surface area contributed by atoms with E-state index in [0.717, 1.165) is 16.8 Å². The molecule has 1 aliphatic heterocycles. The molecule has 1 saturated carbocycles. The van der Waals surface area contributed by atoms with Gasteiger partial charge >= 0.3 is 0 Å². The Morgan fingerprint density at radius 3 is 2.60 bits per heavy atom. The van der Waals surface area contributed by atoms with E-state index in [-0.39, 0.29) is 0 Å². The molecule has 0 amide bonds. The zero-order valence-electron chi connectivity index (χ0n) is 11.5. The average molecular weight is 358 g/mol. The van der Waals surface area contributed by atoms with E-state index in [1.807, 2.05) is 6.07 Å². The van der Waals surface area contributed by atoms with Crippen molar-refractivity contribution in [1.82, 2.24) is 4.31 Å². The summed E-state index contributed by atoms with van der Waals surface area (Å²) in [6, 6.07) is 7.02. The molecule has 2 fully saturated rings. The van der Waals surface area contributed by atoms with Crippen LogP contribution in [-0.4, -0.2) is 25.8 Å². The van der Waals surface area contributed by atoms with Crippen LogP contribution in [0.15, 0.2) is 33.6 Å². The van der Waals surface area contributed by atoms with Crippen LogP contribution >= 0.6 is 15.9 Å². The number of fused-ring (bicyclic) bond motifs is 1. The predicted octanol–water partition coefficient (Wildman–Crippen LogP) is 3.65. The molecule has 20 heavy (non-hydrogen) atoms. The van der Waals surface area contributed by atoms with Crippen LogP contribution in [0, 0.1) is 11.8 Å². The van der Waals surface area contributed by atoms with Crippen molar-refractivity contribution < 1.29 is 8.42 Å². The number of piperidine rings is 1. The van der Waals surface area contributed by atoms with E-state index in [0.29, 0.717) is 23.9 Å². The van der Waals surface area contributed by atoms with Crippen molar-refractivity contribution in [2.45, 2.75) is 37.0 Å². The van der Waals surface area contributed by atoms with Crippen LogP contribution in [0.25, 0.3) is 0 Å². The molecular formula is C15H20BrNO2S. The van der Waals surface area contributed by atoms with Gasteiger partial charge in [-0.3, -0.25) is 0 Å². The van der Waals surface area contributed by atoms with Crippen molar-refractivity contribution >= 4 is 26.0 Å². The maximum absolute atomic E-state index is 12.7. The Kier molecular flexibility index (Phi) is 4.20. The van der Waals surface area contributed by atoms with Gasteiger partial charge in [-0.1, -0.05) is 41.3 Å². The van der Waals surface area contributed by atoms with Crippen LogP contribution in [-0.2, 0) is 10.0 Å². The molecule has 3 rings (SSSR count). The average Bonchev–Trinajstić information content (AvgIpc) is 2.46. The number of sulfonamides is 1. The van der Waals surface area contributed by atoms with Gasteiger partial charge in [0.2, 0.25) is 10.0 Å². The van der Waals surface area contributed by atoms with Crippen molar-refractivity contribution in [3.63, 3.8) is 0 Å². The maximum atomic E-state index is 12.7. The van der Waals surface area contributed by atoms with Crippen LogP contribution < -0.4 is 0 Å². The van der Waals surface area contributed by atoms with E-state index >= 15 is 0 Å². The highest BCUT2D eigenvalue weighted by molar-refractivity contribution is 9.10. The van der Waals surface area contributed by atoms with E-state index in [1.165, 1.54) is 25.7 Å². The highest BCUT2D eigenvalue weighted by Crippen LogP contribution is 2.37. The van der Waals surface area contributed by atoms with E-state index in [4.69, 9.17) is 0 Å². The summed E-state index contributed by atoms with van der Waals surface area (Å²) in [5, 5.41) is 0. The first kappa shape index (κ1) is 14.5. The summed E-state index contributed by atoms with van der Waals surface area (Å²) in [4.78, 5) is 0.404. The lowest BCUT2D eigenvalue weighted by atomic mass is 9.76. The van der Waals surface area contributed by atoms with Crippen molar-refractivity contribution in [2.24, 2.45) is 11.8 Å². The van der Waals surface area contributed by atoms with Crippen LogP contribution in [0.4, 0.5) is 0 Å². The first-order chi connectivity index (χ1) is 9.57. The molecule has 1 saturated heterocycles. The molecule has 2 aliphatic rings. The van der Waals surface area contributed by atoms with Gasteiger partial charge in [0.15, 0.2) is 0 Å². The van der Waals surface area contributed by atoms with Gasteiger partial charge in [0.05, 0.1) is 4.90 Å². The third kappa shape index (κ3) is 2.81. The van der Waals surface area contributed by atoms with E-state index < -0.39 is 10.0 Å². The molecule has 110 valence electrons. The summed E-state index contributed by atoms with van der Waals surface area (Å²) < 4.78 is 27.9. The minimum Gasteiger partial charge on any atom is -0.207 e. The Balaban J connectivity index is 1.81. The Morgan fingerprint density at radius 2 is 1.85 bits per heavy atom. The Morgan fingerprint density at radius 1 is 1.10 bits per heavy atom. The molecule has 0 bridgehead atoms. The molecule has 1 heterocycles. The summed E-state index contributed by atoms with van der Waals surface area (Å²) in [5.74, 6) is 1.32. The monoisotopic (exact) mass is 357 g/mol. The Hall–Kier alpha value is -0.390. The molecule has 1 aromatic carbocycles. The second-order valence-electron chi connectivity index (χ2n) is 5.91. The number of rotatable bonds is 2. The zero-order chi connectivity index (χ0) is 14.2. The molecule has 2 atom stereocenters. The largest absolute Gasteiger partial charge is 0.243 e. The van der Waals surface area contributed by atoms with Crippen LogP contribution in [0.5, 0.6) is 0 Å². The van der Waals surface area contributed by atoms with Gasteiger partial charge in [0.1, 0.15) is 0 Å². The van der Waals surface area contributed by atoms with E-state index in [9.17, 15) is 8.42 Å². The Labute approximate surface area is 129 Å². The molecule has 0 aromatic heterocycles. The summed E-state index contributed by atoms with van der Waals surface area (Å²) in [7, 11) is -3.33. The number of nitrogens with zero attached hydrogens (tertiary/aromatic N) is 1. The van der Waals surface area contributed by atoms with Crippen molar-refractivity contribution in [3.05, 3.63) is 28.7 Å². The molecule has 1 aliphatic carbocycles. The van der Waals surface area contributed by atoms with Gasteiger partial charge in [-0.05, 0) is 42.9 Å². The van der Waals surface area contributed by atoms with Crippen LogP contribution in [0.1, 0.15) is 32.1 Å². The minimum absolute atomic E-state index is 0.404. The standard InChI is InChI=1S/C15H20BrNO2S/c16-14-6-3-7-15(10-14)20(18,19)17-9-8-12-4-1-2-5-13(12)11-17/h3,6-7,10,12-13H,1-2,4-5,8-9,11H2/t12-,13+/m0/s1. The second-order valence-corrected chi connectivity index (χ2v) is 8.77. The van der Waals surface area contributed by atoms with Gasteiger partial charge in [-0.15, -0.1) is 0 Å². The predicted molar refractivity (Wildman–Crippen MR) is 83.0 cm³/mol. The smallest absolute Gasteiger partial charge is 0.207 e. The van der Waals surface area contributed by atoms with Crippen LogP contribution in [0.3, 0.4) is 0 Å². The fourth-order valence-corrected chi connectivity index (χ4v) is 5.67. The first-order valence-corrected chi connectivity index (χ1v) is 9.56. The number of benzene rings is 1. The molecule has 0 spiro atoms. The highest BCUT2D eigenvalue weighted by Gasteiger charge is 2.36. The third-order valence-electron chi connectivity index (χ3n) is 4.69. The summed E-state index contributed by atoms with van der Waals surface area (Å²) >= 11 is 3.35. The van der Waals surface area contributed by atoms with Crippen molar-refractivity contribution in [1.29, 1.82) is 0 Å². The minimum atomic E-state index is -3.33. The van der Waals surface area contributed by atoms with Gasteiger partial charge in [-0.2, -0.15) is 4.31 Å². The molecule has 0 N–H and O–H groups in total. The molecular weight excluding hydrogens is 338 g/mol. The lowest BCUT2D eigenvalue weighted by molar-refractivity contribution is 0.136. The molecule has 3 nitrogen and oxygen atoms in total. The molecule has 5 heteroatoms. The maximum Gasteiger partial charge on any atom is 0.243 e. The summed E-state index contributed by atoms with van der Waals surface area (Å²) in [6.07, 6.45) is 6.08. The summed E-state index contributed by atoms with van der Waals surface area (Å²) in [6.45, 7) is 1.38.